The number of para-hydroxylation sites is 2. The number of hydrogen-bond acceptors (Lipinski definition) is 4. The van der Waals surface area contributed by atoms with Crippen molar-refractivity contribution in [3.05, 3.63) is 119 Å². The second-order valence-electron chi connectivity index (χ2n) is 7.86. The fourth-order valence-corrected chi connectivity index (χ4v) is 3.70. The number of halogens is 6. The molecular formula is C28H16F6O4. The van der Waals surface area contributed by atoms with E-state index in [9.17, 15) is 35.9 Å². The first kappa shape index (κ1) is 26.5. The molecule has 4 aromatic carbocycles. The number of hydrogen-bond donors (Lipinski definition) is 0. The number of benzene rings is 4. The SMILES string of the molecule is O=C(Oc1ccccc1C(F)(F)F)c1cccc(C(=O)Oc2ccccc2C(F)(F)F)c1-c1ccccc1. The van der Waals surface area contributed by atoms with E-state index in [1.807, 2.05) is 0 Å². The van der Waals surface area contributed by atoms with E-state index in [1.54, 1.807) is 18.2 Å². The average molecular weight is 530 g/mol. The second-order valence-corrected chi connectivity index (χ2v) is 7.86. The molecule has 4 rings (SSSR count). The maximum absolute atomic E-state index is 13.4. The first-order chi connectivity index (χ1) is 18.0. The van der Waals surface area contributed by atoms with Crippen molar-refractivity contribution in [2.24, 2.45) is 0 Å². The van der Waals surface area contributed by atoms with E-state index in [4.69, 9.17) is 9.47 Å². The summed E-state index contributed by atoms with van der Waals surface area (Å²) < 4.78 is 90.6. The smallest absolute Gasteiger partial charge is 0.419 e. The zero-order valence-corrected chi connectivity index (χ0v) is 19.1. The fourth-order valence-electron chi connectivity index (χ4n) is 3.70. The van der Waals surface area contributed by atoms with Crippen LogP contribution in [0.2, 0.25) is 0 Å². The van der Waals surface area contributed by atoms with Gasteiger partial charge in [0.25, 0.3) is 0 Å². The van der Waals surface area contributed by atoms with Gasteiger partial charge in [0, 0.05) is 5.56 Å². The molecule has 38 heavy (non-hydrogen) atoms. The summed E-state index contributed by atoms with van der Waals surface area (Å²) >= 11 is 0. The Morgan fingerprint density at radius 2 is 0.895 bits per heavy atom. The normalized spacial score (nSPS) is 11.6. The zero-order chi connectivity index (χ0) is 27.5. The third-order valence-corrected chi connectivity index (χ3v) is 5.36. The molecule has 0 atom stereocenters. The lowest BCUT2D eigenvalue weighted by Crippen LogP contribution is -2.18. The minimum atomic E-state index is -4.81. The molecule has 0 heterocycles. The molecule has 0 saturated carbocycles. The van der Waals surface area contributed by atoms with Crippen molar-refractivity contribution in [1.29, 1.82) is 0 Å². The van der Waals surface area contributed by atoms with E-state index in [1.165, 1.54) is 42.5 Å². The van der Waals surface area contributed by atoms with Gasteiger partial charge in [0.15, 0.2) is 0 Å². The molecule has 0 fully saturated rings. The molecule has 0 N–H and O–H groups in total. The summed E-state index contributed by atoms with van der Waals surface area (Å²) in [6.07, 6.45) is -9.62. The van der Waals surface area contributed by atoms with Crippen LogP contribution < -0.4 is 9.47 Å². The summed E-state index contributed by atoms with van der Waals surface area (Å²) in [6.45, 7) is 0. The number of esters is 2. The Bertz CT molecular complexity index is 1390. The predicted molar refractivity (Wildman–Crippen MR) is 125 cm³/mol. The van der Waals surface area contributed by atoms with Crippen molar-refractivity contribution >= 4 is 11.9 Å². The van der Waals surface area contributed by atoms with Crippen LogP contribution >= 0.6 is 0 Å². The van der Waals surface area contributed by atoms with Crippen molar-refractivity contribution in [2.75, 3.05) is 0 Å². The average Bonchev–Trinajstić information content (AvgIpc) is 2.88. The molecule has 0 aliphatic carbocycles. The lowest BCUT2D eigenvalue weighted by atomic mass is 9.94. The third kappa shape index (κ3) is 5.69. The first-order valence-electron chi connectivity index (χ1n) is 10.9. The summed E-state index contributed by atoms with van der Waals surface area (Å²) in [4.78, 5) is 26.2. The fraction of sp³-hybridized carbons (Fsp3) is 0.0714. The molecule has 0 spiro atoms. The summed E-state index contributed by atoms with van der Waals surface area (Å²) in [5.74, 6) is -3.94. The molecule has 0 radical (unpaired) electrons. The molecular weight excluding hydrogens is 514 g/mol. The molecule has 4 nitrogen and oxygen atoms in total. The van der Waals surface area contributed by atoms with Gasteiger partial charge in [0.2, 0.25) is 0 Å². The zero-order valence-electron chi connectivity index (χ0n) is 19.1. The Balaban J connectivity index is 1.79. The van der Waals surface area contributed by atoms with E-state index in [0.717, 1.165) is 36.4 Å². The van der Waals surface area contributed by atoms with Gasteiger partial charge in [-0.25, -0.2) is 9.59 Å². The van der Waals surface area contributed by atoms with Crippen LogP contribution in [-0.4, -0.2) is 11.9 Å². The van der Waals surface area contributed by atoms with Gasteiger partial charge in [-0.1, -0.05) is 60.7 Å². The number of ether oxygens (including phenoxy) is 2. The first-order valence-corrected chi connectivity index (χ1v) is 10.9. The minimum Gasteiger partial charge on any atom is -0.422 e. The monoisotopic (exact) mass is 530 g/mol. The molecule has 0 amide bonds. The van der Waals surface area contributed by atoms with Crippen molar-refractivity contribution in [3.8, 4) is 22.6 Å². The van der Waals surface area contributed by atoms with Crippen LogP contribution in [0.1, 0.15) is 31.8 Å². The molecule has 0 aliphatic heterocycles. The number of rotatable bonds is 5. The van der Waals surface area contributed by atoms with Crippen LogP contribution in [0.15, 0.2) is 97.1 Å². The van der Waals surface area contributed by atoms with E-state index >= 15 is 0 Å². The van der Waals surface area contributed by atoms with E-state index in [2.05, 4.69) is 0 Å². The Labute approximate surface area is 212 Å². The standard InChI is InChI=1S/C28H16F6O4/c29-27(30,31)20-13-4-6-15-22(20)37-25(35)18-11-8-12-19(24(18)17-9-2-1-3-10-17)26(36)38-23-16-7-5-14-21(23)28(32,33)34/h1-16H. The maximum atomic E-state index is 13.4. The Morgan fingerprint density at radius 1 is 0.500 bits per heavy atom. The quantitative estimate of drug-likeness (QED) is 0.150. The van der Waals surface area contributed by atoms with Crippen LogP contribution in [0.3, 0.4) is 0 Å². The van der Waals surface area contributed by atoms with Crippen LogP contribution in [0.25, 0.3) is 11.1 Å². The maximum Gasteiger partial charge on any atom is 0.419 e. The summed E-state index contributed by atoms with van der Waals surface area (Å²) in [5.41, 5.74) is -2.78. The number of alkyl halides is 6. The molecule has 0 saturated heterocycles. The lowest BCUT2D eigenvalue weighted by molar-refractivity contribution is -0.139. The largest absolute Gasteiger partial charge is 0.422 e. The van der Waals surface area contributed by atoms with Gasteiger partial charge in [-0.2, -0.15) is 26.3 Å². The highest BCUT2D eigenvalue weighted by Crippen LogP contribution is 2.38. The van der Waals surface area contributed by atoms with Gasteiger partial charge in [0.05, 0.1) is 22.3 Å². The molecule has 0 aliphatic rings. The van der Waals surface area contributed by atoms with Crippen LogP contribution in [0.4, 0.5) is 26.3 Å². The van der Waals surface area contributed by atoms with Gasteiger partial charge in [-0.3, -0.25) is 0 Å². The van der Waals surface area contributed by atoms with E-state index in [0.29, 0.717) is 0 Å². The summed E-state index contributed by atoms with van der Waals surface area (Å²) in [5, 5.41) is 0. The Morgan fingerprint density at radius 3 is 1.32 bits per heavy atom. The van der Waals surface area contributed by atoms with Crippen molar-refractivity contribution in [1.82, 2.24) is 0 Å². The van der Waals surface area contributed by atoms with E-state index < -0.39 is 46.9 Å². The topological polar surface area (TPSA) is 52.6 Å². The van der Waals surface area contributed by atoms with E-state index in [-0.39, 0.29) is 22.3 Å². The summed E-state index contributed by atoms with van der Waals surface area (Å²) in [7, 11) is 0. The van der Waals surface area contributed by atoms with Crippen LogP contribution in [-0.2, 0) is 12.4 Å². The molecule has 0 bridgehead atoms. The van der Waals surface area contributed by atoms with Crippen molar-refractivity contribution in [2.45, 2.75) is 12.4 Å². The lowest BCUT2D eigenvalue weighted by Gasteiger charge is -2.17. The van der Waals surface area contributed by atoms with Crippen LogP contribution in [0, 0.1) is 0 Å². The highest BCUT2D eigenvalue weighted by molar-refractivity contribution is 6.07. The van der Waals surface area contributed by atoms with Gasteiger partial charge in [0.1, 0.15) is 11.5 Å². The predicted octanol–water partition coefficient (Wildman–Crippen LogP) is 7.83. The summed E-state index contributed by atoms with van der Waals surface area (Å²) in [6, 6.07) is 19.7. The number of carbonyl (C=O) groups is 2. The van der Waals surface area contributed by atoms with Crippen LogP contribution in [0.5, 0.6) is 11.5 Å². The molecule has 194 valence electrons. The van der Waals surface area contributed by atoms with Crippen molar-refractivity contribution < 1.29 is 45.4 Å². The molecule has 0 unspecified atom stereocenters. The van der Waals surface area contributed by atoms with Gasteiger partial charge < -0.3 is 9.47 Å². The third-order valence-electron chi connectivity index (χ3n) is 5.36. The second kappa shape index (κ2) is 10.4. The van der Waals surface area contributed by atoms with Crippen molar-refractivity contribution in [3.63, 3.8) is 0 Å². The van der Waals surface area contributed by atoms with Gasteiger partial charge >= 0.3 is 24.3 Å². The van der Waals surface area contributed by atoms with Gasteiger partial charge in [-0.15, -0.1) is 0 Å². The Kier molecular flexibility index (Phi) is 7.25. The Hall–Kier alpha value is -4.60. The molecule has 4 aromatic rings. The molecule has 0 aromatic heterocycles. The van der Waals surface area contributed by atoms with Gasteiger partial charge in [-0.05, 0) is 42.0 Å². The highest BCUT2D eigenvalue weighted by atomic mass is 19.4. The number of carbonyl (C=O) groups excluding carboxylic acids is 2. The minimum absolute atomic E-state index is 0.0860. The molecule has 10 heteroatoms. The highest BCUT2D eigenvalue weighted by Gasteiger charge is 2.36.